The molecule has 0 saturated carbocycles. The van der Waals surface area contributed by atoms with Gasteiger partial charge in [0.1, 0.15) is 0 Å². The lowest BCUT2D eigenvalue weighted by atomic mass is 9.97. The standard InChI is InChI=1S/C22H14O4.2C14H10O2/c23-19(15-7-3-1-4-8-15)21(25)17-11-13-18(14-12-17)22(26)20(24)16-9-5-2-6-10-16;2*15-13(11-7-3-1-4-8-11)14(16)12-9-5-2-6-10-12/h1-14H;2*1-10H. The lowest BCUT2D eigenvalue weighted by molar-refractivity contribution is 0.0814. The van der Waals surface area contributed by atoms with Crippen LogP contribution in [-0.2, 0) is 0 Å². The summed E-state index contributed by atoms with van der Waals surface area (Å²) >= 11 is 0. The number of hydrogen-bond donors (Lipinski definition) is 0. The number of Topliss-reactive ketones (excluding diaryl/α,β-unsaturated/α-hetero) is 8. The van der Waals surface area contributed by atoms with E-state index in [1.165, 1.54) is 24.3 Å². The predicted octanol–water partition coefficient (Wildman–Crippen LogP) is 9.32. The third-order valence-electron chi connectivity index (χ3n) is 8.45. The number of carbonyl (C=O) groups excluding carboxylic acids is 8. The van der Waals surface area contributed by atoms with Gasteiger partial charge in [-0.05, 0) is 0 Å². The topological polar surface area (TPSA) is 137 Å². The molecule has 0 aliphatic rings. The Morgan fingerprint density at radius 3 is 0.379 bits per heavy atom. The van der Waals surface area contributed by atoms with Crippen molar-refractivity contribution in [3.63, 3.8) is 0 Å². The molecule has 0 aliphatic carbocycles. The Labute approximate surface area is 334 Å². The molecule has 0 bridgehead atoms. The maximum absolute atomic E-state index is 12.3. The van der Waals surface area contributed by atoms with Crippen LogP contribution in [0.2, 0.25) is 0 Å². The van der Waals surface area contributed by atoms with E-state index in [0.29, 0.717) is 33.4 Å². The fraction of sp³-hybridized carbons (Fsp3) is 0. The molecule has 0 N–H and O–H groups in total. The van der Waals surface area contributed by atoms with Gasteiger partial charge in [0.05, 0.1) is 0 Å². The third kappa shape index (κ3) is 11.0. The van der Waals surface area contributed by atoms with Crippen LogP contribution in [0.25, 0.3) is 0 Å². The summed E-state index contributed by atoms with van der Waals surface area (Å²) in [7, 11) is 0. The molecule has 282 valence electrons. The smallest absolute Gasteiger partial charge is 0.233 e. The molecule has 0 heterocycles. The van der Waals surface area contributed by atoms with Gasteiger partial charge < -0.3 is 0 Å². The molecule has 0 spiro atoms. The summed E-state index contributed by atoms with van der Waals surface area (Å²) in [5.74, 6) is -4.43. The molecule has 7 aromatic rings. The molecule has 8 heteroatoms. The second-order valence-electron chi connectivity index (χ2n) is 12.4. The molecule has 0 amide bonds. The lowest BCUT2D eigenvalue weighted by Crippen LogP contribution is -2.16. The highest BCUT2D eigenvalue weighted by atomic mass is 16.2. The van der Waals surface area contributed by atoms with Gasteiger partial charge in [-0.2, -0.15) is 0 Å². The van der Waals surface area contributed by atoms with Crippen LogP contribution in [0.1, 0.15) is 82.9 Å². The predicted molar refractivity (Wildman–Crippen MR) is 220 cm³/mol. The molecule has 0 fully saturated rings. The zero-order chi connectivity index (χ0) is 41.3. The Hall–Kier alpha value is -8.10. The zero-order valence-electron chi connectivity index (χ0n) is 30.9. The number of carbonyl (C=O) groups is 8. The van der Waals surface area contributed by atoms with E-state index in [4.69, 9.17) is 0 Å². The summed E-state index contributed by atoms with van der Waals surface area (Å²) in [6.45, 7) is 0. The van der Waals surface area contributed by atoms with E-state index in [1.54, 1.807) is 158 Å². The molecule has 8 nitrogen and oxygen atoms in total. The van der Waals surface area contributed by atoms with Crippen LogP contribution in [-0.4, -0.2) is 46.3 Å². The normalized spacial score (nSPS) is 9.93. The highest BCUT2D eigenvalue weighted by Gasteiger charge is 2.22. The Balaban J connectivity index is 0.000000174. The largest absolute Gasteiger partial charge is 0.285 e. The molecular weight excluding hydrogens is 729 g/mol. The first-order valence-corrected chi connectivity index (χ1v) is 17.9. The quantitative estimate of drug-likeness (QED) is 0.0888. The van der Waals surface area contributed by atoms with Crippen molar-refractivity contribution < 1.29 is 38.4 Å². The van der Waals surface area contributed by atoms with Gasteiger partial charge in [-0.25, -0.2) is 0 Å². The van der Waals surface area contributed by atoms with E-state index in [2.05, 4.69) is 0 Å². The Bertz CT molecular complexity index is 2250. The van der Waals surface area contributed by atoms with Crippen LogP contribution in [0.5, 0.6) is 0 Å². The van der Waals surface area contributed by atoms with Gasteiger partial charge in [0.2, 0.25) is 46.3 Å². The molecule has 0 unspecified atom stereocenters. The van der Waals surface area contributed by atoms with E-state index >= 15 is 0 Å². The van der Waals surface area contributed by atoms with Gasteiger partial charge >= 0.3 is 0 Å². The minimum absolute atomic E-state index is 0.169. The Kier molecular flexibility index (Phi) is 14.5. The number of rotatable bonds is 12. The summed E-state index contributed by atoms with van der Waals surface area (Å²) in [6.07, 6.45) is 0. The average Bonchev–Trinajstić information content (AvgIpc) is 3.31. The second kappa shape index (κ2) is 20.5. The number of benzene rings is 7. The summed E-state index contributed by atoms with van der Waals surface area (Å²) in [5.41, 5.74) is 2.65. The third-order valence-corrected chi connectivity index (χ3v) is 8.45. The highest BCUT2D eigenvalue weighted by molar-refractivity contribution is 6.51. The molecule has 0 atom stereocenters. The molecule has 0 aliphatic heterocycles. The van der Waals surface area contributed by atoms with Crippen molar-refractivity contribution >= 4 is 46.3 Å². The first kappa shape index (κ1) is 41.1. The molecule has 0 aromatic heterocycles. The lowest BCUT2D eigenvalue weighted by Gasteiger charge is -2.03. The van der Waals surface area contributed by atoms with Crippen molar-refractivity contribution in [1.82, 2.24) is 0 Å². The van der Waals surface area contributed by atoms with Crippen LogP contribution in [0.4, 0.5) is 0 Å². The summed E-state index contributed by atoms with van der Waals surface area (Å²) in [6, 6.07) is 56.3. The second-order valence-corrected chi connectivity index (χ2v) is 12.4. The average molecular weight is 763 g/mol. The van der Waals surface area contributed by atoms with Gasteiger partial charge in [0, 0.05) is 44.5 Å². The Morgan fingerprint density at radius 2 is 0.259 bits per heavy atom. The maximum Gasteiger partial charge on any atom is 0.233 e. The fourth-order valence-corrected chi connectivity index (χ4v) is 5.36. The van der Waals surface area contributed by atoms with Gasteiger partial charge in [-0.1, -0.05) is 206 Å². The minimum Gasteiger partial charge on any atom is -0.285 e. The van der Waals surface area contributed by atoms with Gasteiger partial charge in [-0.15, -0.1) is 0 Å². The van der Waals surface area contributed by atoms with E-state index in [-0.39, 0.29) is 11.1 Å². The van der Waals surface area contributed by atoms with Crippen molar-refractivity contribution in [2.75, 3.05) is 0 Å². The van der Waals surface area contributed by atoms with Crippen LogP contribution >= 0.6 is 0 Å². The van der Waals surface area contributed by atoms with E-state index in [0.717, 1.165) is 0 Å². The van der Waals surface area contributed by atoms with Crippen LogP contribution in [0.3, 0.4) is 0 Å². The van der Waals surface area contributed by atoms with E-state index in [1.807, 2.05) is 24.3 Å². The van der Waals surface area contributed by atoms with Gasteiger partial charge in [0.15, 0.2) is 0 Å². The highest BCUT2D eigenvalue weighted by Crippen LogP contribution is 2.13. The van der Waals surface area contributed by atoms with Crippen LogP contribution in [0.15, 0.2) is 206 Å². The van der Waals surface area contributed by atoms with Crippen molar-refractivity contribution in [3.05, 3.63) is 251 Å². The first-order chi connectivity index (χ1) is 28.2. The SMILES string of the molecule is O=C(C(=O)c1ccc(C(=O)C(=O)c2ccccc2)cc1)c1ccccc1.O=C(C(=O)c1ccccc1)c1ccccc1.O=C(C(=O)c1ccccc1)c1ccccc1. The van der Waals surface area contributed by atoms with E-state index in [9.17, 15) is 38.4 Å². The van der Waals surface area contributed by atoms with Crippen molar-refractivity contribution in [3.8, 4) is 0 Å². The monoisotopic (exact) mass is 762 g/mol. The zero-order valence-corrected chi connectivity index (χ0v) is 30.9. The van der Waals surface area contributed by atoms with Crippen LogP contribution < -0.4 is 0 Å². The minimum atomic E-state index is -0.662. The molecule has 0 radical (unpaired) electrons. The fourth-order valence-electron chi connectivity index (χ4n) is 5.36. The molecule has 58 heavy (non-hydrogen) atoms. The van der Waals surface area contributed by atoms with Crippen molar-refractivity contribution in [1.29, 1.82) is 0 Å². The van der Waals surface area contributed by atoms with E-state index < -0.39 is 46.3 Å². The maximum atomic E-state index is 12.3. The first-order valence-electron chi connectivity index (χ1n) is 17.9. The van der Waals surface area contributed by atoms with Crippen molar-refractivity contribution in [2.45, 2.75) is 0 Å². The number of ketones is 8. The summed E-state index contributed by atoms with van der Waals surface area (Å²) in [4.78, 5) is 96.1. The molecule has 7 aromatic carbocycles. The molecule has 0 saturated heterocycles. The number of hydrogen-bond acceptors (Lipinski definition) is 8. The van der Waals surface area contributed by atoms with Crippen molar-refractivity contribution in [2.24, 2.45) is 0 Å². The molecule has 7 rings (SSSR count). The van der Waals surface area contributed by atoms with Gasteiger partial charge in [-0.3, -0.25) is 38.4 Å². The van der Waals surface area contributed by atoms with Gasteiger partial charge in [0.25, 0.3) is 0 Å². The Morgan fingerprint density at radius 1 is 0.155 bits per heavy atom. The summed E-state index contributed by atoms with van der Waals surface area (Å²) < 4.78 is 0. The summed E-state index contributed by atoms with van der Waals surface area (Å²) in [5, 5.41) is 0. The van der Waals surface area contributed by atoms with Crippen LogP contribution in [0, 0.1) is 0 Å². The molecular formula is C50H34O8.